The quantitative estimate of drug-likeness (QED) is 0.506. The molecular weight excluding hydrogens is 266 g/mol. The van der Waals surface area contributed by atoms with E-state index in [-0.39, 0.29) is 11.3 Å². The normalized spacial score (nSPS) is 42.0. The Kier molecular flexibility index (Phi) is 4.36. The fourth-order valence-corrected chi connectivity index (χ4v) is 2.53. The summed E-state index contributed by atoms with van der Waals surface area (Å²) in [6, 6.07) is -0.823. The highest BCUT2D eigenvalue weighted by Crippen LogP contribution is 2.30. The van der Waals surface area contributed by atoms with Gasteiger partial charge in [-0.3, -0.25) is 4.79 Å². The lowest BCUT2D eigenvalue weighted by Crippen LogP contribution is -2.69. The van der Waals surface area contributed by atoms with Crippen LogP contribution < -0.4 is 5.32 Å². The Hall–Kier alpha value is -0.730. The molecule has 0 saturated carbocycles. The van der Waals surface area contributed by atoms with Crippen LogP contribution in [0.15, 0.2) is 0 Å². The number of carbonyl (C=O) groups is 1. The summed E-state index contributed by atoms with van der Waals surface area (Å²) in [4.78, 5) is 12.0. The molecule has 20 heavy (non-hydrogen) atoms. The van der Waals surface area contributed by atoms with Crippen LogP contribution in [0.4, 0.5) is 0 Å². The molecule has 116 valence electrons. The number of carbonyl (C=O) groups excluding carboxylic acids is 1. The molecule has 2 fully saturated rings. The van der Waals surface area contributed by atoms with Crippen molar-refractivity contribution in [3.8, 4) is 0 Å². The van der Waals surface area contributed by atoms with Crippen molar-refractivity contribution in [1.82, 2.24) is 5.32 Å². The molecule has 0 aromatic carbocycles. The first-order chi connectivity index (χ1) is 9.23. The van der Waals surface area contributed by atoms with E-state index in [0.717, 1.165) is 0 Å². The molecule has 2 heterocycles. The molecule has 0 unspecified atom stereocenters. The van der Waals surface area contributed by atoms with Crippen LogP contribution in [0.5, 0.6) is 0 Å². The molecule has 0 bridgehead atoms. The fraction of sp³-hybridized carbons (Fsp3) is 0.923. The van der Waals surface area contributed by atoms with Gasteiger partial charge in [0.05, 0.1) is 6.61 Å². The lowest BCUT2D eigenvalue weighted by molar-refractivity contribution is -0.292. The van der Waals surface area contributed by atoms with Crippen molar-refractivity contribution in [2.45, 2.75) is 63.9 Å². The van der Waals surface area contributed by atoms with Crippen LogP contribution in [0.3, 0.4) is 0 Å². The topological polar surface area (TPSA) is 108 Å². The smallest absolute Gasteiger partial charge is 0.249 e. The van der Waals surface area contributed by atoms with Gasteiger partial charge in [-0.05, 0) is 11.8 Å². The van der Waals surface area contributed by atoms with E-state index in [9.17, 15) is 15.0 Å². The van der Waals surface area contributed by atoms with Crippen molar-refractivity contribution < 1.29 is 29.6 Å². The Morgan fingerprint density at radius 1 is 1.20 bits per heavy atom. The van der Waals surface area contributed by atoms with Gasteiger partial charge in [0.25, 0.3) is 0 Å². The average molecular weight is 289 g/mol. The molecule has 0 aromatic rings. The summed E-state index contributed by atoms with van der Waals surface area (Å²) < 4.78 is 11.0. The van der Waals surface area contributed by atoms with E-state index >= 15 is 0 Å². The number of amides is 1. The zero-order valence-corrected chi connectivity index (χ0v) is 11.9. The second-order valence-corrected chi connectivity index (χ2v) is 6.63. The molecule has 2 rings (SSSR count). The van der Waals surface area contributed by atoms with E-state index in [1.165, 1.54) is 0 Å². The highest BCUT2D eigenvalue weighted by molar-refractivity contribution is 5.82. The number of aliphatic hydroxyl groups excluding tert-OH is 3. The maximum absolute atomic E-state index is 12.0. The van der Waals surface area contributed by atoms with Gasteiger partial charge in [-0.2, -0.15) is 0 Å². The zero-order chi connectivity index (χ0) is 15.1. The molecule has 2 aliphatic rings. The third-order valence-corrected chi connectivity index (χ3v) is 3.58. The predicted molar refractivity (Wildman–Crippen MR) is 68.6 cm³/mol. The van der Waals surface area contributed by atoms with Gasteiger partial charge in [-0.25, -0.2) is 0 Å². The van der Waals surface area contributed by atoms with Gasteiger partial charge in [0.2, 0.25) is 5.91 Å². The number of aliphatic hydroxyl groups is 3. The number of hydrogen-bond acceptors (Lipinski definition) is 6. The summed E-state index contributed by atoms with van der Waals surface area (Å²) in [7, 11) is 0. The number of nitrogens with one attached hydrogen (secondary N) is 1. The standard InChI is InChI=1S/C13H23NO6/c1-13(2,3)4-6-11(18)14-8-10(17)9(16)7(5-15)20-12(8)19-6/h6-10,12,15-17H,4-5H2,1-3H3,(H,14,18)/t6-,7+,8+,9-,10+,12-/m0/s1. The molecule has 6 atom stereocenters. The first kappa shape index (κ1) is 15.7. The molecule has 0 radical (unpaired) electrons. The van der Waals surface area contributed by atoms with Crippen LogP contribution in [0.1, 0.15) is 27.2 Å². The maximum atomic E-state index is 12.0. The van der Waals surface area contributed by atoms with E-state index in [0.29, 0.717) is 6.42 Å². The van der Waals surface area contributed by atoms with Crippen molar-refractivity contribution >= 4 is 5.91 Å². The van der Waals surface area contributed by atoms with Gasteiger partial charge in [0.1, 0.15) is 30.5 Å². The SMILES string of the molecule is CC(C)(C)C[C@@H]1O[C@H]2O[C@H](CO)[C@H](O)[C@H](O)[C@H]2NC1=O. The van der Waals surface area contributed by atoms with Crippen LogP contribution >= 0.6 is 0 Å². The molecule has 4 N–H and O–H groups in total. The monoisotopic (exact) mass is 289 g/mol. The minimum atomic E-state index is -1.26. The first-order valence-electron chi connectivity index (χ1n) is 6.81. The summed E-state index contributed by atoms with van der Waals surface area (Å²) >= 11 is 0. The minimum Gasteiger partial charge on any atom is -0.394 e. The molecule has 0 aliphatic carbocycles. The number of fused-ring (bicyclic) bond motifs is 1. The maximum Gasteiger partial charge on any atom is 0.249 e. The number of ether oxygens (including phenoxy) is 2. The van der Waals surface area contributed by atoms with E-state index in [2.05, 4.69) is 5.32 Å². The largest absolute Gasteiger partial charge is 0.394 e. The fourth-order valence-electron chi connectivity index (χ4n) is 2.53. The Balaban J connectivity index is 2.09. The zero-order valence-electron chi connectivity index (χ0n) is 11.9. The van der Waals surface area contributed by atoms with Crippen molar-refractivity contribution in [3.63, 3.8) is 0 Å². The van der Waals surface area contributed by atoms with E-state index < -0.39 is 43.4 Å². The number of morpholine rings is 1. The predicted octanol–water partition coefficient (Wildman–Crippen LogP) is -1.25. The molecule has 7 heteroatoms. The molecule has 2 saturated heterocycles. The van der Waals surface area contributed by atoms with Gasteiger partial charge in [-0.1, -0.05) is 20.8 Å². The van der Waals surface area contributed by atoms with Crippen molar-refractivity contribution in [2.24, 2.45) is 5.41 Å². The number of hydrogen-bond donors (Lipinski definition) is 4. The van der Waals surface area contributed by atoms with Gasteiger partial charge >= 0.3 is 0 Å². The van der Waals surface area contributed by atoms with Crippen LogP contribution in [0.2, 0.25) is 0 Å². The van der Waals surface area contributed by atoms with Gasteiger partial charge in [0.15, 0.2) is 6.29 Å². The van der Waals surface area contributed by atoms with Crippen LogP contribution in [0.25, 0.3) is 0 Å². The van der Waals surface area contributed by atoms with Crippen LogP contribution in [-0.2, 0) is 14.3 Å². The Labute approximate surface area is 117 Å². The average Bonchev–Trinajstić information content (AvgIpc) is 2.34. The second-order valence-electron chi connectivity index (χ2n) is 6.63. The van der Waals surface area contributed by atoms with E-state index in [1.54, 1.807) is 0 Å². The third-order valence-electron chi connectivity index (χ3n) is 3.58. The number of rotatable bonds is 2. The van der Waals surface area contributed by atoms with Crippen LogP contribution in [0, 0.1) is 5.41 Å². The summed E-state index contributed by atoms with van der Waals surface area (Å²) in [5.41, 5.74) is -0.0992. The third kappa shape index (κ3) is 3.12. The molecule has 0 aromatic heterocycles. The summed E-state index contributed by atoms with van der Waals surface area (Å²) in [6.07, 6.45) is -4.44. The molecular formula is C13H23NO6. The van der Waals surface area contributed by atoms with Crippen LogP contribution in [-0.4, -0.2) is 64.6 Å². The van der Waals surface area contributed by atoms with Gasteiger partial charge < -0.3 is 30.1 Å². The highest BCUT2D eigenvalue weighted by atomic mass is 16.7. The lowest BCUT2D eigenvalue weighted by atomic mass is 9.87. The summed E-state index contributed by atoms with van der Waals surface area (Å²) in [5.74, 6) is -0.321. The van der Waals surface area contributed by atoms with Gasteiger partial charge in [0, 0.05) is 0 Å². The van der Waals surface area contributed by atoms with Gasteiger partial charge in [-0.15, -0.1) is 0 Å². The Bertz CT molecular complexity index is 368. The minimum absolute atomic E-state index is 0.0992. The summed E-state index contributed by atoms with van der Waals surface area (Å²) in [5, 5.41) is 31.5. The highest BCUT2D eigenvalue weighted by Gasteiger charge is 2.50. The Morgan fingerprint density at radius 3 is 2.40 bits per heavy atom. The van der Waals surface area contributed by atoms with E-state index in [1.807, 2.05) is 20.8 Å². The summed E-state index contributed by atoms with van der Waals surface area (Å²) in [6.45, 7) is 5.55. The van der Waals surface area contributed by atoms with Crippen molar-refractivity contribution in [3.05, 3.63) is 0 Å². The molecule has 1 amide bonds. The molecule has 2 aliphatic heterocycles. The van der Waals surface area contributed by atoms with E-state index in [4.69, 9.17) is 14.6 Å². The first-order valence-corrected chi connectivity index (χ1v) is 6.81. The Morgan fingerprint density at radius 2 is 1.85 bits per heavy atom. The molecule has 7 nitrogen and oxygen atoms in total. The second kappa shape index (κ2) is 5.57. The van der Waals surface area contributed by atoms with Crippen molar-refractivity contribution in [2.75, 3.05) is 6.61 Å². The molecule has 0 spiro atoms. The lowest BCUT2D eigenvalue weighted by Gasteiger charge is -2.46. The van der Waals surface area contributed by atoms with Crippen molar-refractivity contribution in [1.29, 1.82) is 0 Å².